The van der Waals surface area contributed by atoms with Crippen LogP contribution in [0.25, 0.3) is 10.8 Å². The summed E-state index contributed by atoms with van der Waals surface area (Å²) in [6, 6.07) is 18.1. The van der Waals surface area contributed by atoms with Crippen molar-refractivity contribution < 1.29 is 19.1 Å². The third kappa shape index (κ3) is 4.92. The summed E-state index contributed by atoms with van der Waals surface area (Å²) in [5.74, 6) is 0.617. The Labute approximate surface area is 253 Å². The lowest BCUT2D eigenvalue weighted by molar-refractivity contribution is -0.119. The molecule has 42 heavy (non-hydrogen) atoms. The Balaban J connectivity index is 1.45. The van der Waals surface area contributed by atoms with Gasteiger partial charge in [-0.25, -0.2) is 0 Å². The number of allylic oxidation sites excluding steroid dienone is 4. The summed E-state index contributed by atoms with van der Waals surface area (Å²) in [4.78, 5) is 29.8. The number of methoxy groups -OCH3 is 1. The quantitative estimate of drug-likeness (QED) is 0.302. The van der Waals surface area contributed by atoms with Gasteiger partial charge in [-0.1, -0.05) is 81.8 Å². The van der Waals surface area contributed by atoms with Gasteiger partial charge in [0, 0.05) is 48.3 Å². The minimum absolute atomic E-state index is 0.0913. The van der Waals surface area contributed by atoms with Gasteiger partial charge in [0.2, 0.25) is 0 Å². The minimum Gasteiger partial charge on any atom is -0.493 e. The number of nitrogens with zero attached hydrogens (tertiary/aromatic N) is 1. The molecule has 3 aliphatic rings. The predicted octanol–water partition coefficient (Wildman–Crippen LogP) is 8.40. The van der Waals surface area contributed by atoms with Crippen LogP contribution < -0.4 is 9.47 Å². The number of hydrogen-bond donors (Lipinski definition) is 0. The molecule has 1 heterocycles. The van der Waals surface area contributed by atoms with Crippen molar-refractivity contribution >= 4 is 33.9 Å². The molecule has 3 aromatic carbocycles. The molecule has 6 rings (SSSR count). The van der Waals surface area contributed by atoms with E-state index < -0.39 is 5.92 Å². The Morgan fingerprint density at radius 3 is 2.07 bits per heavy atom. The zero-order valence-corrected chi connectivity index (χ0v) is 26.0. The molecule has 0 bridgehead atoms. The van der Waals surface area contributed by atoms with Crippen molar-refractivity contribution in [2.75, 3.05) is 14.2 Å². The number of rotatable bonds is 5. The average Bonchev–Trinajstić information content (AvgIpc) is 2.92. The van der Waals surface area contributed by atoms with E-state index in [-0.39, 0.29) is 22.4 Å². The number of benzene rings is 3. The van der Waals surface area contributed by atoms with Gasteiger partial charge in [-0.3, -0.25) is 9.59 Å². The lowest BCUT2D eigenvalue weighted by Crippen LogP contribution is -2.43. The molecule has 0 aromatic heterocycles. The number of ketones is 2. The van der Waals surface area contributed by atoms with E-state index >= 15 is 0 Å². The van der Waals surface area contributed by atoms with Crippen LogP contribution in [0.1, 0.15) is 70.4 Å². The van der Waals surface area contributed by atoms with E-state index in [4.69, 9.17) is 21.1 Å². The second-order valence-electron chi connectivity index (χ2n) is 13.6. The third-order valence-electron chi connectivity index (χ3n) is 9.02. The van der Waals surface area contributed by atoms with Gasteiger partial charge >= 0.3 is 0 Å². The summed E-state index contributed by atoms with van der Waals surface area (Å²) in [6.07, 6.45) is 2.41. The molecule has 0 fully saturated rings. The first kappa shape index (κ1) is 28.5. The van der Waals surface area contributed by atoms with Crippen LogP contribution in [0.5, 0.6) is 11.5 Å². The van der Waals surface area contributed by atoms with Crippen LogP contribution in [0.15, 0.2) is 77.1 Å². The summed E-state index contributed by atoms with van der Waals surface area (Å²) in [5.41, 5.74) is 4.96. The highest BCUT2D eigenvalue weighted by molar-refractivity contribution is 6.32. The fourth-order valence-electron chi connectivity index (χ4n) is 7.11. The molecular formula is C36H38ClNO4. The molecular weight excluding hydrogens is 546 g/mol. The van der Waals surface area contributed by atoms with Gasteiger partial charge in [-0.2, -0.15) is 0 Å². The number of halogens is 1. The second-order valence-corrected chi connectivity index (χ2v) is 14.0. The highest BCUT2D eigenvalue weighted by Crippen LogP contribution is 2.55. The Bertz CT molecular complexity index is 1640. The zero-order valence-electron chi connectivity index (χ0n) is 25.3. The van der Waals surface area contributed by atoms with Crippen molar-refractivity contribution in [1.29, 1.82) is 0 Å². The van der Waals surface area contributed by atoms with E-state index in [1.807, 2.05) is 43.4 Å². The van der Waals surface area contributed by atoms with E-state index in [9.17, 15) is 9.59 Å². The zero-order chi connectivity index (χ0) is 30.0. The summed E-state index contributed by atoms with van der Waals surface area (Å²) < 4.78 is 12.1. The van der Waals surface area contributed by atoms with Crippen LogP contribution in [0.4, 0.5) is 0 Å². The van der Waals surface area contributed by atoms with E-state index in [2.05, 4.69) is 50.8 Å². The van der Waals surface area contributed by atoms with Gasteiger partial charge in [0.05, 0.1) is 12.1 Å². The number of carbonyl (C=O) groups is 2. The summed E-state index contributed by atoms with van der Waals surface area (Å²) in [5, 5.41) is 2.65. The molecule has 0 saturated heterocycles. The maximum Gasteiger partial charge on any atom is 0.180 e. The van der Waals surface area contributed by atoms with E-state index in [0.29, 0.717) is 47.1 Å². The molecule has 1 aliphatic heterocycles. The van der Waals surface area contributed by atoms with E-state index in [0.717, 1.165) is 46.1 Å². The predicted molar refractivity (Wildman–Crippen MR) is 167 cm³/mol. The normalized spacial score (nSPS) is 20.1. The first-order chi connectivity index (χ1) is 19.9. The van der Waals surface area contributed by atoms with Crippen molar-refractivity contribution in [2.24, 2.45) is 10.8 Å². The van der Waals surface area contributed by atoms with Crippen molar-refractivity contribution in [3.05, 3.63) is 93.3 Å². The van der Waals surface area contributed by atoms with E-state index in [1.54, 1.807) is 7.11 Å². The van der Waals surface area contributed by atoms with Crippen LogP contribution in [0, 0.1) is 10.8 Å². The molecule has 2 aliphatic carbocycles. The first-order valence-corrected chi connectivity index (χ1v) is 15.0. The maximum absolute atomic E-state index is 13.8. The number of fused-ring (bicyclic) bond motifs is 1. The molecule has 218 valence electrons. The standard InChI is InChI=1S/C36H38ClNO4/c1-35(2)16-26-32(28(39)18-35)31(33-27(38(26)5)17-36(3,4)19-29(33)40)23-14-25(37)34(30(15-23)41-6)42-20-22-12-9-11-21-10-7-8-13-24(21)22/h7-15,31H,16-20H2,1-6H3. The van der Waals surface area contributed by atoms with Gasteiger partial charge in [0.15, 0.2) is 23.1 Å². The Morgan fingerprint density at radius 1 is 0.857 bits per heavy atom. The van der Waals surface area contributed by atoms with Crippen LogP contribution in [0.3, 0.4) is 0 Å². The van der Waals surface area contributed by atoms with Gasteiger partial charge in [0.1, 0.15) is 6.61 Å². The Hall–Kier alpha value is -3.57. The highest BCUT2D eigenvalue weighted by atomic mass is 35.5. The molecule has 0 N–H and O–H groups in total. The molecule has 0 saturated carbocycles. The number of ether oxygens (including phenoxy) is 2. The van der Waals surface area contributed by atoms with Gasteiger partial charge in [-0.05, 0) is 57.7 Å². The maximum atomic E-state index is 13.8. The van der Waals surface area contributed by atoms with Crippen molar-refractivity contribution in [1.82, 2.24) is 4.90 Å². The smallest absolute Gasteiger partial charge is 0.180 e. The lowest BCUT2D eigenvalue weighted by atomic mass is 9.63. The molecule has 0 spiro atoms. The number of hydrogen-bond acceptors (Lipinski definition) is 5. The summed E-state index contributed by atoms with van der Waals surface area (Å²) in [7, 11) is 3.61. The van der Waals surface area contributed by atoms with Crippen LogP contribution in [-0.2, 0) is 16.2 Å². The SMILES string of the molecule is COc1cc(C2C3=C(CC(C)(C)CC3=O)N(C)C3=C2C(=O)CC(C)(C)C3)cc(Cl)c1OCc1cccc2ccccc12. The third-order valence-corrected chi connectivity index (χ3v) is 9.30. The Kier molecular flexibility index (Phi) is 7.00. The summed E-state index contributed by atoms with van der Waals surface area (Å²) >= 11 is 6.94. The minimum atomic E-state index is -0.489. The van der Waals surface area contributed by atoms with Crippen molar-refractivity contribution in [2.45, 2.75) is 65.9 Å². The topological polar surface area (TPSA) is 55.8 Å². The first-order valence-electron chi connectivity index (χ1n) is 14.6. The monoisotopic (exact) mass is 583 g/mol. The second kappa shape index (κ2) is 10.3. The molecule has 3 aromatic rings. The number of carbonyl (C=O) groups excluding carboxylic acids is 2. The molecule has 0 atom stereocenters. The molecule has 0 amide bonds. The van der Waals surface area contributed by atoms with Gasteiger partial charge < -0.3 is 14.4 Å². The fraction of sp³-hybridized carbons (Fsp3) is 0.389. The highest BCUT2D eigenvalue weighted by Gasteiger charge is 2.48. The van der Waals surface area contributed by atoms with Crippen LogP contribution in [0.2, 0.25) is 5.02 Å². The Morgan fingerprint density at radius 2 is 1.45 bits per heavy atom. The summed E-state index contributed by atoms with van der Waals surface area (Å²) in [6.45, 7) is 8.87. The van der Waals surface area contributed by atoms with E-state index in [1.165, 1.54) is 0 Å². The lowest BCUT2D eigenvalue weighted by Gasteiger charge is -2.48. The van der Waals surface area contributed by atoms with Crippen molar-refractivity contribution in [3.8, 4) is 11.5 Å². The van der Waals surface area contributed by atoms with Crippen LogP contribution >= 0.6 is 11.6 Å². The number of Topliss-reactive ketones (excluding diaryl/α,β-unsaturated/α-hetero) is 2. The largest absolute Gasteiger partial charge is 0.493 e. The van der Waals surface area contributed by atoms with Crippen LogP contribution in [-0.4, -0.2) is 30.6 Å². The fourth-order valence-corrected chi connectivity index (χ4v) is 7.39. The molecule has 0 radical (unpaired) electrons. The van der Waals surface area contributed by atoms with Gasteiger partial charge in [0.25, 0.3) is 0 Å². The molecule has 0 unspecified atom stereocenters. The van der Waals surface area contributed by atoms with Crippen molar-refractivity contribution in [3.63, 3.8) is 0 Å². The average molecular weight is 584 g/mol. The molecule has 5 nitrogen and oxygen atoms in total. The van der Waals surface area contributed by atoms with Gasteiger partial charge in [-0.15, -0.1) is 0 Å². The molecule has 6 heteroatoms.